The topological polar surface area (TPSA) is 110 Å². The van der Waals surface area contributed by atoms with Crippen molar-refractivity contribution in [1.82, 2.24) is 0 Å². The number of sulfonamides is 1. The molecule has 0 bridgehead atoms. The lowest BCUT2D eigenvalue weighted by Gasteiger charge is -2.17. The number of benzene rings is 2. The second kappa shape index (κ2) is 8.04. The summed E-state index contributed by atoms with van der Waals surface area (Å²) >= 11 is 0. The molecule has 13 heteroatoms. The van der Waals surface area contributed by atoms with Crippen LogP contribution >= 0.6 is 0 Å². The molecule has 1 aliphatic rings. The number of anilines is 2. The standard InChI is InChI=1S/C18H17F3N2O6S2/c1-29-16-8-7-14(31(27,28)18(19,20)21)11-15(16)22-17(24)12-3-5-13(6-4-12)23-9-2-10-30(23,25)26/h3-8,11H,2,9-10H2,1H3,(H,22,24). The van der Waals surface area contributed by atoms with Gasteiger partial charge < -0.3 is 10.1 Å². The molecule has 1 fully saturated rings. The van der Waals surface area contributed by atoms with Crippen LogP contribution in [0.15, 0.2) is 47.4 Å². The number of amides is 1. The molecule has 3 rings (SSSR count). The minimum atomic E-state index is -5.62. The molecule has 0 unspecified atom stereocenters. The van der Waals surface area contributed by atoms with Crippen LogP contribution in [0, 0.1) is 0 Å². The van der Waals surface area contributed by atoms with E-state index in [1.165, 1.54) is 35.7 Å². The van der Waals surface area contributed by atoms with E-state index in [0.29, 0.717) is 24.7 Å². The quantitative estimate of drug-likeness (QED) is 0.708. The summed E-state index contributed by atoms with van der Waals surface area (Å²) in [5.41, 5.74) is -5.32. The molecule has 31 heavy (non-hydrogen) atoms. The van der Waals surface area contributed by atoms with Crippen molar-refractivity contribution in [2.24, 2.45) is 0 Å². The van der Waals surface area contributed by atoms with E-state index >= 15 is 0 Å². The lowest BCUT2D eigenvalue weighted by Crippen LogP contribution is -2.25. The van der Waals surface area contributed by atoms with Gasteiger partial charge in [0.05, 0.1) is 29.1 Å². The minimum absolute atomic E-state index is 0.0339. The molecule has 1 aliphatic heterocycles. The van der Waals surface area contributed by atoms with Crippen molar-refractivity contribution in [1.29, 1.82) is 0 Å². The SMILES string of the molecule is COc1ccc(S(=O)(=O)C(F)(F)F)cc1NC(=O)c1ccc(N2CCCS2(=O)=O)cc1. The van der Waals surface area contributed by atoms with Crippen molar-refractivity contribution >= 4 is 37.1 Å². The first-order chi connectivity index (χ1) is 14.4. The highest BCUT2D eigenvalue weighted by atomic mass is 32.2. The highest BCUT2D eigenvalue weighted by Crippen LogP contribution is 2.35. The van der Waals surface area contributed by atoms with E-state index in [-0.39, 0.29) is 22.8 Å². The number of nitrogens with one attached hydrogen (secondary N) is 1. The van der Waals surface area contributed by atoms with Gasteiger partial charge in [0.25, 0.3) is 15.7 Å². The molecule has 8 nitrogen and oxygen atoms in total. The molecular weight excluding hydrogens is 461 g/mol. The molecule has 168 valence electrons. The fourth-order valence-electron chi connectivity index (χ4n) is 2.99. The van der Waals surface area contributed by atoms with Crippen molar-refractivity contribution in [3.05, 3.63) is 48.0 Å². The zero-order chi connectivity index (χ0) is 23.0. The van der Waals surface area contributed by atoms with Crippen molar-refractivity contribution in [2.45, 2.75) is 16.8 Å². The van der Waals surface area contributed by atoms with Crippen LogP contribution < -0.4 is 14.4 Å². The summed E-state index contributed by atoms with van der Waals surface area (Å²) in [6.07, 6.45) is 0.488. The van der Waals surface area contributed by atoms with E-state index in [9.17, 15) is 34.8 Å². The van der Waals surface area contributed by atoms with Gasteiger partial charge in [0.1, 0.15) is 5.75 Å². The Balaban J connectivity index is 1.87. The van der Waals surface area contributed by atoms with Crippen molar-refractivity contribution < 1.29 is 39.5 Å². The number of methoxy groups -OCH3 is 1. The van der Waals surface area contributed by atoms with Crippen LogP contribution in [0.5, 0.6) is 5.75 Å². The normalized spacial score (nSPS) is 16.2. The van der Waals surface area contributed by atoms with Gasteiger partial charge in [0.2, 0.25) is 10.0 Å². The Hall–Kier alpha value is -2.80. The van der Waals surface area contributed by atoms with Crippen LogP contribution in [-0.2, 0) is 19.9 Å². The number of hydrogen-bond acceptors (Lipinski definition) is 6. The fraction of sp³-hybridized carbons (Fsp3) is 0.278. The van der Waals surface area contributed by atoms with Gasteiger partial charge in [-0.15, -0.1) is 0 Å². The van der Waals surface area contributed by atoms with Gasteiger partial charge >= 0.3 is 5.51 Å². The Bertz CT molecular complexity index is 1210. The molecule has 0 aromatic heterocycles. The Morgan fingerprint density at radius 2 is 1.77 bits per heavy atom. The molecule has 2 aromatic rings. The van der Waals surface area contributed by atoms with Gasteiger partial charge in [-0.3, -0.25) is 9.10 Å². The highest BCUT2D eigenvalue weighted by Gasteiger charge is 2.47. The van der Waals surface area contributed by atoms with Crippen LogP contribution in [0.1, 0.15) is 16.8 Å². The maximum atomic E-state index is 12.8. The van der Waals surface area contributed by atoms with Crippen LogP contribution in [0.3, 0.4) is 0 Å². The largest absolute Gasteiger partial charge is 0.501 e. The predicted molar refractivity (Wildman–Crippen MR) is 106 cm³/mol. The van der Waals surface area contributed by atoms with Crippen LogP contribution in [-0.4, -0.2) is 47.7 Å². The van der Waals surface area contributed by atoms with Gasteiger partial charge in [-0.25, -0.2) is 16.8 Å². The molecule has 0 aliphatic carbocycles. The summed E-state index contributed by atoms with van der Waals surface area (Å²) in [6.45, 7) is 0.325. The minimum Gasteiger partial charge on any atom is -0.495 e. The average molecular weight is 478 g/mol. The average Bonchev–Trinajstić information content (AvgIpc) is 3.06. The number of carbonyl (C=O) groups excluding carboxylic acids is 1. The summed E-state index contributed by atoms with van der Waals surface area (Å²) < 4.78 is 91.9. The van der Waals surface area contributed by atoms with Gasteiger partial charge in [0, 0.05) is 12.1 Å². The number of nitrogens with zero attached hydrogens (tertiary/aromatic N) is 1. The van der Waals surface area contributed by atoms with E-state index in [1.54, 1.807) is 0 Å². The maximum absolute atomic E-state index is 12.8. The van der Waals surface area contributed by atoms with Gasteiger partial charge in [-0.05, 0) is 48.9 Å². The third-order valence-electron chi connectivity index (χ3n) is 4.55. The first-order valence-electron chi connectivity index (χ1n) is 8.78. The molecule has 0 spiro atoms. The van der Waals surface area contributed by atoms with Crippen molar-refractivity contribution in [3.63, 3.8) is 0 Å². The molecule has 0 radical (unpaired) electrons. The molecule has 0 atom stereocenters. The Morgan fingerprint density at radius 1 is 1.13 bits per heavy atom. The number of sulfone groups is 1. The van der Waals surface area contributed by atoms with Crippen LogP contribution in [0.2, 0.25) is 0 Å². The number of hydrogen-bond donors (Lipinski definition) is 1. The van der Waals surface area contributed by atoms with E-state index in [0.717, 1.165) is 12.1 Å². The molecule has 0 saturated carbocycles. The number of carbonyl (C=O) groups is 1. The Kier molecular flexibility index (Phi) is 5.93. The molecule has 1 N–H and O–H groups in total. The first kappa shape index (κ1) is 22.9. The zero-order valence-electron chi connectivity index (χ0n) is 16.0. The van der Waals surface area contributed by atoms with E-state index in [1.807, 2.05) is 0 Å². The summed E-state index contributed by atoms with van der Waals surface area (Å²) in [5, 5.41) is 2.32. The third-order valence-corrected chi connectivity index (χ3v) is 7.90. The number of rotatable bonds is 5. The predicted octanol–water partition coefficient (Wildman–Crippen LogP) is 2.78. The molecule has 2 aromatic carbocycles. The van der Waals surface area contributed by atoms with Gasteiger partial charge in [-0.2, -0.15) is 13.2 Å². The fourth-order valence-corrected chi connectivity index (χ4v) is 5.34. The smallest absolute Gasteiger partial charge is 0.495 e. The van der Waals surface area contributed by atoms with Crippen molar-refractivity contribution in [3.8, 4) is 5.75 Å². The van der Waals surface area contributed by atoms with E-state index in [4.69, 9.17) is 4.74 Å². The molecule has 1 heterocycles. The number of halogens is 3. The summed E-state index contributed by atoms with van der Waals surface area (Å²) in [7, 11) is -7.81. The number of ether oxygens (including phenoxy) is 1. The summed E-state index contributed by atoms with van der Waals surface area (Å²) in [6, 6.07) is 7.94. The van der Waals surface area contributed by atoms with Crippen LogP contribution in [0.25, 0.3) is 0 Å². The maximum Gasteiger partial charge on any atom is 0.501 e. The van der Waals surface area contributed by atoms with E-state index < -0.39 is 36.2 Å². The highest BCUT2D eigenvalue weighted by molar-refractivity contribution is 7.93. The first-order valence-corrected chi connectivity index (χ1v) is 11.9. The Labute approximate surface area is 176 Å². The van der Waals surface area contributed by atoms with Crippen LogP contribution in [0.4, 0.5) is 24.5 Å². The van der Waals surface area contributed by atoms with Crippen molar-refractivity contribution in [2.75, 3.05) is 29.0 Å². The number of alkyl halides is 3. The third kappa shape index (κ3) is 4.46. The lowest BCUT2D eigenvalue weighted by atomic mass is 10.2. The Morgan fingerprint density at radius 3 is 2.29 bits per heavy atom. The molecular formula is C18H17F3N2O6S2. The van der Waals surface area contributed by atoms with Gasteiger partial charge in [0.15, 0.2) is 0 Å². The lowest BCUT2D eigenvalue weighted by molar-refractivity contribution is -0.0436. The summed E-state index contributed by atoms with van der Waals surface area (Å²) in [5.74, 6) is -0.767. The zero-order valence-corrected chi connectivity index (χ0v) is 17.6. The second-order valence-corrected chi connectivity index (χ2v) is 10.5. The molecule has 1 saturated heterocycles. The second-order valence-electron chi connectivity index (χ2n) is 6.55. The molecule has 1 amide bonds. The van der Waals surface area contributed by atoms with Gasteiger partial charge in [-0.1, -0.05) is 0 Å². The monoisotopic (exact) mass is 478 g/mol. The summed E-state index contributed by atoms with van der Waals surface area (Å²) in [4.78, 5) is 11.5. The van der Waals surface area contributed by atoms with E-state index in [2.05, 4.69) is 5.32 Å².